The number of benzene rings is 1. The highest BCUT2D eigenvalue weighted by molar-refractivity contribution is 7.89. The van der Waals surface area contributed by atoms with Gasteiger partial charge in [0.1, 0.15) is 5.76 Å². The Bertz CT molecular complexity index is 718. The van der Waals surface area contributed by atoms with E-state index < -0.39 is 10.0 Å². The van der Waals surface area contributed by atoms with Gasteiger partial charge >= 0.3 is 0 Å². The van der Waals surface area contributed by atoms with Crippen molar-refractivity contribution in [1.29, 1.82) is 0 Å². The lowest BCUT2D eigenvalue weighted by atomic mass is 10.2. The van der Waals surface area contributed by atoms with Gasteiger partial charge in [-0.15, -0.1) is 0 Å². The van der Waals surface area contributed by atoms with E-state index in [1.54, 1.807) is 30.5 Å². The van der Waals surface area contributed by atoms with Crippen LogP contribution >= 0.6 is 0 Å². The minimum Gasteiger partial charge on any atom is -0.468 e. The molecule has 5 nitrogen and oxygen atoms in total. The molecule has 1 atom stereocenters. The third-order valence-electron chi connectivity index (χ3n) is 4.25. The van der Waals surface area contributed by atoms with Gasteiger partial charge in [0.05, 0.1) is 17.2 Å². The molecular weight excluding hydrogens is 312 g/mol. The fraction of sp³-hybridized carbons (Fsp3) is 0.412. The molecule has 1 saturated heterocycles. The number of hydrogen-bond donors (Lipinski definition) is 1. The highest BCUT2D eigenvalue weighted by Gasteiger charge is 2.27. The van der Waals surface area contributed by atoms with Crippen molar-refractivity contribution in [2.45, 2.75) is 30.7 Å². The molecule has 1 aliphatic rings. The molecule has 0 bridgehead atoms. The quantitative estimate of drug-likeness (QED) is 0.882. The van der Waals surface area contributed by atoms with Crippen molar-refractivity contribution in [1.82, 2.24) is 9.62 Å². The lowest BCUT2D eigenvalue weighted by molar-refractivity contribution is 0.216. The first-order chi connectivity index (χ1) is 11.1. The first kappa shape index (κ1) is 16.2. The van der Waals surface area contributed by atoms with Crippen LogP contribution in [0.25, 0.3) is 0 Å². The second-order valence-corrected chi connectivity index (χ2v) is 7.71. The van der Waals surface area contributed by atoms with Gasteiger partial charge in [-0.2, -0.15) is 0 Å². The van der Waals surface area contributed by atoms with Crippen LogP contribution in [0.1, 0.15) is 30.2 Å². The minimum absolute atomic E-state index is 0.0623. The van der Waals surface area contributed by atoms with Crippen LogP contribution in [0, 0.1) is 6.92 Å². The molecular formula is C17H22N2O3S. The van der Waals surface area contributed by atoms with Gasteiger partial charge in [0.2, 0.25) is 10.0 Å². The number of sulfonamides is 1. The molecule has 2 aromatic rings. The lowest BCUT2D eigenvalue weighted by Gasteiger charge is -2.25. The first-order valence-corrected chi connectivity index (χ1v) is 9.38. The van der Waals surface area contributed by atoms with E-state index in [0.717, 1.165) is 37.3 Å². The van der Waals surface area contributed by atoms with Crippen molar-refractivity contribution in [3.8, 4) is 0 Å². The SMILES string of the molecule is Cc1ccc(S(=O)(=O)NC[C@H](c2ccco2)N2CCCC2)cc1. The van der Waals surface area contributed by atoms with Crippen molar-refractivity contribution in [2.75, 3.05) is 19.6 Å². The zero-order chi connectivity index (χ0) is 16.3. The number of rotatable bonds is 6. The molecule has 0 spiro atoms. The molecule has 1 aromatic carbocycles. The van der Waals surface area contributed by atoms with Crippen molar-refractivity contribution < 1.29 is 12.8 Å². The van der Waals surface area contributed by atoms with Gasteiger partial charge in [-0.25, -0.2) is 13.1 Å². The van der Waals surface area contributed by atoms with Gasteiger partial charge in [-0.1, -0.05) is 17.7 Å². The molecule has 2 heterocycles. The zero-order valence-electron chi connectivity index (χ0n) is 13.2. The molecule has 23 heavy (non-hydrogen) atoms. The molecule has 0 aliphatic carbocycles. The van der Waals surface area contributed by atoms with Crippen LogP contribution in [0.4, 0.5) is 0 Å². The van der Waals surface area contributed by atoms with E-state index in [1.165, 1.54) is 0 Å². The van der Waals surface area contributed by atoms with E-state index in [9.17, 15) is 8.42 Å². The van der Waals surface area contributed by atoms with Crippen molar-refractivity contribution in [2.24, 2.45) is 0 Å². The zero-order valence-corrected chi connectivity index (χ0v) is 14.1. The normalized spacial score (nSPS) is 17.4. The Labute approximate surface area is 137 Å². The molecule has 0 radical (unpaired) electrons. The molecule has 0 amide bonds. The highest BCUT2D eigenvalue weighted by Crippen LogP contribution is 2.25. The number of nitrogens with one attached hydrogen (secondary N) is 1. The Hall–Kier alpha value is -1.63. The van der Waals surface area contributed by atoms with Gasteiger partial charge < -0.3 is 4.42 Å². The van der Waals surface area contributed by atoms with Crippen molar-refractivity contribution in [3.63, 3.8) is 0 Å². The van der Waals surface area contributed by atoms with Crippen LogP contribution in [-0.4, -0.2) is 33.0 Å². The third kappa shape index (κ3) is 3.83. The molecule has 3 rings (SSSR count). The summed E-state index contributed by atoms with van der Waals surface area (Å²) in [6, 6.07) is 10.6. The number of nitrogens with zero attached hydrogens (tertiary/aromatic N) is 1. The van der Waals surface area contributed by atoms with E-state index in [4.69, 9.17) is 4.42 Å². The number of likely N-dealkylation sites (tertiary alicyclic amines) is 1. The number of hydrogen-bond acceptors (Lipinski definition) is 4. The Kier molecular flexibility index (Phi) is 4.84. The predicted molar refractivity (Wildman–Crippen MR) is 88.6 cm³/mol. The van der Waals surface area contributed by atoms with Crippen molar-refractivity contribution >= 4 is 10.0 Å². The molecule has 124 valence electrons. The summed E-state index contributed by atoms with van der Waals surface area (Å²) in [5.41, 5.74) is 1.04. The second kappa shape index (κ2) is 6.86. The molecule has 1 aromatic heterocycles. The van der Waals surface area contributed by atoms with E-state index in [2.05, 4.69) is 9.62 Å². The highest BCUT2D eigenvalue weighted by atomic mass is 32.2. The Morgan fingerprint density at radius 1 is 1.17 bits per heavy atom. The maximum Gasteiger partial charge on any atom is 0.240 e. The van der Waals surface area contributed by atoms with Crippen LogP contribution in [0.2, 0.25) is 0 Å². The Morgan fingerprint density at radius 3 is 2.48 bits per heavy atom. The summed E-state index contributed by atoms with van der Waals surface area (Å²) in [7, 11) is -3.51. The average Bonchev–Trinajstić information content (AvgIpc) is 3.21. The summed E-state index contributed by atoms with van der Waals surface area (Å²) in [5.74, 6) is 0.804. The fourth-order valence-electron chi connectivity index (χ4n) is 2.93. The molecule has 1 fully saturated rings. The van der Waals surface area contributed by atoms with Gasteiger partial charge in [0, 0.05) is 6.54 Å². The van der Waals surface area contributed by atoms with E-state index in [-0.39, 0.29) is 6.04 Å². The van der Waals surface area contributed by atoms with Crippen LogP contribution in [-0.2, 0) is 10.0 Å². The van der Waals surface area contributed by atoms with Crippen molar-refractivity contribution in [3.05, 3.63) is 54.0 Å². The van der Waals surface area contributed by atoms with Crippen LogP contribution < -0.4 is 4.72 Å². The summed E-state index contributed by atoms with van der Waals surface area (Å²) in [6.07, 6.45) is 3.91. The summed E-state index contributed by atoms with van der Waals surface area (Å²) in [6.45, 7) is 4.18. The summed E-state index contributed by atoms with van der Waals surface area (Å²) < 4.78 is 33.2. The monoisotopic (exact) mass is 334 g/mol. The Balaban J connectivity index is 1.74. The predicted octanol–water partition coefficient (Wildman–Crippen LogP) is 2.70. The smallest absolute Gasteiger partial charge is 0.240 e. The molecule has 1 N–H and O–H groups in total. The maximum atomic E-state index is 12.5. The standard InChI is InChI=1S/C17H22N2O3S/c1-14-6-8-15(9-7-14)23(20,21)18-13-16(17-5-4-12-22-17)19-10-2-3-11-19/h4-9,12,16,18H,2-3,10-11,13H2,1H3/t16-/m1/s1. The minimum atomic E-state index is -3.51. The summed E-state index contributed by atoms with van der Waals surface area (Å²) in [4.78, 5) is 2.57. The summed E-state index contributed by atoms with van der Waals surface area (Å²) >= 11 is 0. The lowest BCUT2D eigenvalue weighted by Crippen LogP contribution is -2.36. The largest absolute Gasteiger partial charge is 0.468 e. The number of furan rings is 1. The topological polar surface area (TPSA) is 62.6 Å². The third-order valence-corrected chi connectivity index (χ3v) is 5.69. The fourth-order valence-corrected chi connectivity index (χ4v) is 3.97. The van der Waals surface area contributed by atoms with Gasteiger partial charge in [0.25, 0.3) is 0 Å². The summed E-state index contributed by atoms with van der Waals surface area (Å²) in [5, 5.41) is 0. The molecule has 1 aliphatic heterocycles. The van der Waals surface area contributed by atoms with Gasteiger partial charge in [-0.3, -0.25) is 4.90 Å². The van der Waals surface area contributed by atoms with E-state index in [1.807, 2.05) is 19.1 Å². The second-order valence-electron chi connectivity index (χ2n) is 5.94. The number of aryl methyl sites for hydroxylation is 1. The maximum absolute atomic E-state index is 12.5. The van der Waals surface area contributed by atoms with Crippen LogP contribution in [0.3, 0.4) is 0 Å². The van der Waals surface area contributed by atoms with E-state index in [0.29, 0.717) is 11.4 Å². The first-order valence-electron chi connectivity index (χ1n) is 7.90. The van der Waals surface area contributed by atoms with E-state index >= 15 is 0 Å². The van der Waals surface area contributed by atoms with Gasteiger partial charge in [-0.05, 0) is 57.1 Å². The van der Waals surface area contributed by atoms with Crippen LogP contribution in [0.15, 0.2) is 52.0 Å². The molecule has 0 saturated carbocycles. The molecule has 6 heteroatoms. The molecule has 0 unspecified atom stereocenters. The Morgan fingerprint density at radius 2 is 1.87 bits per heavy atom. The van der Waals surface area contributed by atoms with Crippen LogP contribution in [0.5, 0.6) is 0 Å². The average molecular weight is 334 g/mol. The van der Waals surface area contributed by atoms with Gasteiger partial charge in [0.15, 0.2) is 0 Å².